The third kappa shape index (κ3) is 3.39. The summed E-state index contributed by atoms with van der Waals surface area (Å²) in [5, 5.41) is 12.1. The highest BCUT2D eigenvalue weighted by atomic mass is 16.4. The maximum absolute atomic E-state index is 12.1. The number of likely N-dealkylation sites (tertiary alicyclic amines) is 1. The molecule has 1 heterocycles. The van der Waals surface area contributed by atoms with Gasteiger partial charge >= 0.3 is 12.0 Å². The Bertz CT molecular complexity index is 358. The van der Waals surface area contributed by atoms with Gasteiger partial charge in [-0.15, -0.1) is 0 Å². The highest BCUT2D eigenvalue weighted by Crippen LogP contribution is 2.35. The molecule has 0 aromatic heterocycles. The molecule has 19 heavy (non-hydrogen) atoms. The highest BCUT2D eigenvalue weighted by Gasteiger charge is 2.35. The van der Waals surface area contributed by atoms with Crippen molar-refractivity contribution in [1.82, 2.24) is 10.2 Å². The lowest BCUT2D eigenvalue weighted by Crippen LogP contribution is -2.50. The van der Waals surface area contributed by atoms with Gasteiger partial charge in [-0.1, -0.05) is 13.8 Å². The van der Waals surface area contributed by atoms with E-state index in [9.17, 15) is 9.59 Å². The molecule has 0 unspecified atom stereocenters. The first-order chi connectivity index (χ1) is 8.89. The van der Waals surface area contributed by atoms with E-state index in [0.717, 1.165) is 32.1 Å². The summed E-state index contributed by atoms with van der Waals surface area (Å²) in [5.74, 6) is -0.891. The van der Waals surface area contributed by atoms with Crippen LogP contribution < -0.4 is 5.32 Å². The van der Waals surface area contributed by atoms with Crippen molar-refractivity contribution in [2.24, 2.45) is 5.41 Å². The summed E-state index contributed by atoms with van der Waals surface area (Å²) in [4.78, 5) is 24.7. The van der Waals surface area contributed by atoms with Crippen LogP contribution in [-0.2, 0) is 4.79 Å². The van der Waals surface area contributed by atoms with Crippen molar-refractivity contribution in [1.29, 1.82) is 0 Å². The smallest absolute Gasteiger partial charge is 0.326 e. The van der Waals surface area contributed by atoms with E-state index in [1.54, 1.807) is 0 Å². The van der Waals surface area contributed by atoms with E-state index in [-0.39, 0.29) is 12.1 Å². The van der Waals surface area contributed by atoms with Crippen molar-refractivity contribution >= 4 is 12.0 Å². The molecule has 2 rings (SSSR count). The Morgan fingerprint density at radius 2 is 1.84 bits per heavy atom. The molecule has 1 saturated carbocycles. The molecule has 0 spiro atoms. The first-order valence-electron chi connectivity index (χ1n) is 7.19. The van der Waals surface area contributed by atoms with Gasteiger partial charge in [0.15, 0.2) is 0 Å². The normalized spacial score (nSPS) is 27.3. The van der Waals surface area contributed by atoms with Crippen LogP contribution in [-0.4, -0.2) is 40.6 Å². The zero-order valence-electron chi connectivity index (χ0n) is 11.8. The van der Waals surface area contributed by atoms with Crippen LogP contribution in [0.1, 0.15) is 52.4 Å². The number of rotatable bonds is 2. The minimum Gasteiger partial charge on any atom is -0.480 e. The topological polar surface area (TPSA) is 69.6 Å². The van der Waals surface area contributed by atoms with Crippen LogP contribution >= 0.6 is 0 Å². The zero-order chi connectivity index (χ0) is 14.0. The number of aliphatic carboxylic acids is 1. The average molecular weight is 268 g/mol. The van der Waals surface area contributed by atoms with Gasteiger partial charge in [0.1, 0.15) is 6.04 Å². The number of nitrogens with one attached hydrogen (secondary N) is 1. The fourth-order valence-corrected chi connectivity index (χ4v) is 3.07. The molecule has 1 atom stereocenters. The minimum absolute atomic E-state index is 0.199. The summed E-state index contributed by atoms with van der Waals surface area (Å²) in [7, 11) is 0. The number of urea groups is 1. The largest absolute Gasteiger partial charge is 0.480 e. The molecular weight excluding hydrogens is 244 g/mol. The monoisotopic (exact) mass is 268 g/mol. The molecule has 0 aromatic carbocycles. The predicted molar refractivity (Wildman–Crippen MR) is 71.9 cm³/mol. The van der Waals surface area contributed by atoms with Crippen molar-refractivity contribution in [3.63, 3.8) is 0 Å². The van der Waals surface area contributed by atoms with E-state index in [0.29, 0.717) is 18.4 Å². The molecule has 1 aliphatic carbocycles. The Hall–Kier alpha value is -1.26. The number of hydrogen-bond acceptors (Lipinski definition) is 2. The van der Waals surface area contributed by atoms with Crippen LogP contribution in [0.5, 0.6) is 0 Å². The first-order valence-corrected chi connectivity index (χ1v) is 7.19. The van der Waals surface area contributed by atoms with Crippen LogP contribution in [0.2, 0.25) is 0 Å². The third-order valence-corrected chi connectivity index (χ3v) is 4.47. The quantitative estimate of drug-likeness (QED) is 0.806. The lowest BCUT2D eigenvalue weighted by Gasteiger charge is -2.35. The lowest BCUT2D eigenvalue weighted by atomic mass is 9.75. The summed E-state index contributed by atoms with van der Waals surface area (Å²) >= 11 is 0. The fourth-order valence-electron chi connectivity index (χ4n) is 3.07. The summed E-state index contributed by atoms with van der Waals surface area (Å²) in [5.41, 5.74) is 0.373. The molecule has 0 radical (unpaired) electrons. The van der Waals surface area contributed by atoms with Gasteiger partial charge in [0.25, 0.3) is 0 Å². The number of carbonyl (C=O) groups excluding carboxylic acids is 1. The number of nitrogens with zero attached hydrogens (tertiary/aromatic N) is 1. The second-order valence-electron chi connectivity index (χ2n) is 6.58. The second-order valence-corrected chi connectivity index (χ2v) is 6.58. The van der Waals surface area contributed by atoms with Crippen molar-refractivity contribution in [3.8, 4) is 0 Å². The lowest BCUT2D eigenvalue weighted by molar-refractivity contribution is -0.141. The maximum atomic E-state index is 12.1. The molecule has 2 N–H and O–H groups in total. The second kappa shape index (κ2) is 5.39. The number of carbonyl (C=O) groups is 2. The van der Waals surface area contributed by atoms with Crippen LogP contribution in [0.15, 0.2) is 0 Å². The predicted octanol–water partition coefficient (Wildman–Crippen LogP) is 2.21. The van der Waals surface area contributed by atoms with Crippen molar-refractivity contribution in [2.45, 2.75) is 64.5 Å². The Kier molecular flexibility index (Phi) is 4.02. The van der Waals surface area contributed by atoms with Crippen LogP contribution in [0, 0.1) is 5.41 Å². The van der Waals surface area contributed by atoms with Gasteiger partial charge < -0.3 is 15.3 Å². The summed E-state index contributed by atoms with van der Waals surface area (Å²) in [6.07, 6.45) is 5.55. The Balaban J connectivity index is 1.86. The summed E-state index contributed by atoms with van der Waals surface area (Å²) in [6.45, 7) is 5.07. The standard InChI is InChI=1S/C14H24N2O3/c1-14(2)7-5-10(6-8-14)15-13(19)16-9-3-4-11(16)12(17)18/h10-11H,3-9H2,1-2H3,(H,15,19)(H,17,18)/t11-/m1/s1. The van der Waals surface area contributed by atoms with Crippen molar-refractivity contribution < 1.29 is 14.7 Å². The Morgan fingerprint density at radius 1 is 1.21 bits per heavy atom. The number of hydrogen-bond donors (Lipinski definition) is 2. The molecule has 1 aliphatic heterocycles. The number of amides is 2. The first kappa shape index (κ1) is 14.2. The molecule has 2 aliphatic rings. The van der Waals surface area contributed by atoms with Crippen molar-refractivity contribution in [2.75, 3.05) is 6.54 Å². The summed E-state index contributed by atoms with van der Waals surface area (Å²) in [6, 6.07) is -0.634. The number of carboxylic acid groups (broad SMARTS) is 1. The molecular formula is C14H24N2O3. The van der Waals surface area contributed by atoms with Crippen molar-refractivity contribution in [3.05, 3.63) is 0 Å². The van der Waals surface area contributed by atoms with Gasteiger partial charge in [0.2, 0.25) is 0 Å². The SMILES string of the molecule is CC1(C)CCC(NC(=O)N2CCC[C@@H]2C(=O)O)CC1. The van der Waals surface area contributed by atoms with E-state index in [4.69, 9.17) is 5.11 Å². The van der Waals surface area contributed by atoms with E-state index < -0.39 is 12.0 Å². The van der Waals surface area contributed by atoms with E-state index in [1.807, 2.05) is 0 Å². The minimum atomic E-state index is -0.891. The maximum Gasteiger partial charge on any atom is 0.326 e. The van der Waals surface area contributed by atoms with Gasteiger partial charge in [0, 0.05) is 12.6 Å². The summed E-state index contributed by atoms with van der Waals surface area (Å²) < 4.78 is 0. The van der Waals surface area contributed by atoms with Gasteiger partial charge in [-0.25, -0.2) is 9.59 Å². The van der Waals surface area contributed by atoms with Gasteiger partial charge in [-0.3, -0.25) is 0 Å². The van der Waals surface area contributed by atoms with E-state index in [2.05, 4.69) is 19.2 Å². The average Bonchev–Trinajstić information content (AvgIpc) is 2.81. The molecule has 5 heteroatoms. The third-order valence-electron chi connectivity index (χ3n) is 4.47. The molecule has 0 aromatic rings. The van der Waals surface area contributed by atoms with E-state index >= 15 is 0 Å². The Labute approximate surface area is 114 Å². The zero-order valence-corrected chi connectivity index (χ0v) is 11.8. The van der Waals surface area contributed by atoms with Gasteiger partial charge in [0.05, 0.1) is 0 Å². The fraction of sp³-hybridized carbons (Fsp3) is 0.857. The Morgan fingerprint density at radius 3 is 2.42 bits per heavy atom. The molecule has 2 fully saturated rings. The van der Waals surface area contributed by atoms with Gasteiger partial charge in [-0.2, -0.15) is 0 Å². The van der Waals surface area contributed by atoms with Crippen LogP contribution in [0.3, 0.4) is 0 Å². The van der Waals surface area contributed by atoms with Crippen LogP contribution in [0.4, 0.5) is 4.79 Å². The molecule has 0 bridgehead atoms. The molecule has 1 saturated heterocycles. The number of carboxylic acids is 1. The molecule has 5 nitrogen and oxygen atoms in total. The molecule has 2 amide bonds. The highest BCUT2D eigenvalue weighted by molar-refractivity contribution is 5.83. The van der Waals surface area contributed by atoms with Crippen LogP contribution in [0.25, 0.3) is 0 Å². The molecule has 108 valence electrons. The van der Waals surface area contributed by atoms with Gasteiger partial charge in [-0.05, 0) is 43.9 Å². The van der Waals surface area contributed by atoms with E-state index in [1.165, 1.54) is 4.90 Å².